The van der Waals surface area contributed by atoms with Gasteiger partial charge in [0.05, 0.1) is 14.2 Å². The number of benzene rings is 2. The molecule has 0 aliphatic carbocycles. The Kier molecular flexibility index (Phi) is 7.46. The molecule has 0 aliphatic rings. The number of ether oxygens (including phenoxy) is 3. The van der Waals surface area contributed by atoms with Crippen LogP contribution in [0.3, 0.4) is 0 Å². The molecule has 0 aliphatic heterocycles. The zero-order valence-electron chi connectivity index (χ0n) is 14.3. The summed E-state index contributed by atoms with van der Waals surface area (Å²) in [4.78, 5) is 23.6. The van der Waals surface area contributed by atoms with E-state index in [1.165, 1.54) is 20.3 Å². The predicted octanol–water partition coefficient (Wildman–Crippen LogP) is 3.50. The van der Waals surface area contributed by atoms with Crippen molar-refractivity contribution in [1.29, 1.82) is 0 Å². The molecule has 0 atom stereocenters. The number of hydrogen-bond donors (Lipinski definition) is 1. The average molecular weight is 467 g/mol. The first kappa shape index (κ1) is 19.8. The first-order valence-electron chi connectivity index (χ1n) is 7.64. The highest BCUT2D eigenvalue weighted by Crippen LogP contribution is 2.31. The standard InChI is InChI=1S/C19H18INO5/c1-24-16-5-3-4-13(19(16)25-2)6-11-18(23)26-12-17(22)21-15-9-7-14(20)8-10-15/h3-11H,12H2,1-2H3,(H,21,22). The molecular weight excluding hydrogens is 449 g/mol. The largest absolute Gasteiger partial charge is 0.493 e. The third-order valence-electron chi connectivity index (χ3n) is 3.31. The van der Waals surface area contributed by atoms with Crippen LogP contribution in [0.15, 0.2) is 48.5 Å². The molecular formula is C19H18INO5. The molecule has 7 heteroatoms. The van der Waals surface area contributed by atoms with E-state index in [9.17, 15) is 9.59 Å². The highest BCUT2D eigenvalue weighted by atomic mass is 127. The van der Waals surface area contributed by atoms with E-state index in [1.54, 1.807) is 36.4 Å². The number of esters is 1. The lowest BCUT2D eigenvalue weighted by molar-refractivity contribution is -0.142. The average Bonchev–Trinajstić information content (AvgIpc) is 2.66. The van der Waals surface area contributed by atoms with Crippen LogP contribution in [0.25, 0.3) is 6.08 Å². The minimum atomic E-state index is -0.632. The van der Waals surface area contributed by atoms with Crippen molar-refractivity contribution in [2.75, 3.05) is 26.1 Å². The SMILES string of the molecule is COc1cccc(C=CC(=O)OCC(=O)Nc2ccc(I)cc2)c1OC. The predicted molar refractivity (Wildman–Crippen MR) is 107 cm³/mol. The highest BCUT2D eigenvalue weighted by Gasteiger charge is 2.09. The molecule has 2 aromatic rings. The monoisotopic (exact) mass is 467 g/mol. The molecule has 0 fully saturated rings. The first-order valence-corrected chi connectivity index (χ1v) is 8.72. The van der Waals surface area contributed by atoms with Crippen LogP contribution >= 0.6 is 22.6 Å². The highest BCUT2D eigenvalue weighted by molar-refractivity contribution is 14.1. The first-order chi connectivity index (χ1) is 12.5. The molecule has 2 rings (SSSR count). The second kappa shape index (κ2) is 9.81. The molecule has 0 heterocycles. The molecule has 0 spiro atoms. The molecule has 0 aromatic heterocycles. The number of carbonyl (C=O) groups is 2. The van der Waals surface area contributed by atoms with Crippen LogP contribution in [0.4, 0.5) is 5.69 Å². The summed E-state index contributed by atoms with van der Waals surface area (Å²) in [7, 11) is 3.05. The van der Waals surface area contributed by atoms with Crippen molar-refractivity contribution in [2.24, 2.45) is 0 Å². The minimum Gasteiger partial charge on any atom is -0.493 e. The van der Waals surface area contributed by atoms with E-state index in [1.807, 2.05) is 12.1 Å². The molecule has 0 bridgehead atoms. The summed E-state index contributed by atoms with van der Waals surface area (Å²) in [6, 6.07) is 12.6. The maximum absolute atomic E-state index is 11.8. The summed E-state index contributed by atoms with van der Waals surface area (Å²) in [5, 5.41) is 2.65. The van der Waals surface area contributed by atoms with Crippen molar-refractivity contribution in [3.05, 3.63) is 57.7 Å². The molecule has 6 nitrogen and oxygen atoms in total. The van der Waals surface area contributed by atoms with Gasteiger partial charge < -0.3 is 19.5 Å². The normalized spacial score (nSPS) is 10.4. The van der Waals surface area contributed by atoms with Crippen molar-refractivity contribution >= 4 is 46.2 Å². The van der Waals surface area contributed by atoms with Gasteiger partial charge in [0.2, 0.25) is 0 Å². The number of halogens is 1. The second-order valence-electron chi connectivity index (χ2n) is 5.08. The van der Waals surface area contributed by atoms with Gasteiger partial charge in [-0.1, -0.05) is 12.1 Å². The van der Waals surface area contributed by atoms with E-state index >= 15 is 0 Å². The summed E-state index contributed by atoms with van der Waals surface area (Å²) in [5.74, 6) is 0.0231. The van der Waals surface area contributed by atoms with Crippen LogP contribution < -0.4 is 14.8 Å². The van der Waals surface area contributed by atoms with Crippen molar-refractivity contribution in [3.8, 4) is 11.5 Å². The lowest BCUT2D eigenvalue weighted by Gasteiger charge is -2.09. The molecule has 0 saturated heterocycles. The Balaban J connectivity index is 1.89. The van der Waals surface area contributed by atoms with Gasteiger partial charge in [-0.15, -0.1) is 0 Å². The molecule has 2 aromatic carbocycles. The van der Waals surface area contributed by atoms with Crippen molar-refractivity contribution < 1.29 is 23.8 Å². The number of methoxy groups -OCH3 is 2. The van der Waals surface area contributed by atoms with Crippen LogP contribution in [-0.2, 0) is 14.3 Å². The number of amides is 1. The topological polar surface area (TPSA) is 73.9 Å². The fraction of sp³-hybridized carbons (Fsp3) is 0.158. The van der Waals surface area contributed by atoms with Crippen LogP contribution in [0.2, 0.25) is 0 Å². The maximum Gasteiger partial charge on any atom is 0.331 e. The van der Waals surface area contributed by atoms with E-state index in [0.717, 1.165) is 3.57 Å². The van der Waals surface area contributed by atoms with Gasteiger partial charge in [-0.2, -0.15) is 0 Å². The zero-order valence-corrected chi connectivity index (χ0v) is 16.5. The van der Waals surface area contributed by atoms with E-state index < -0.39 is 11.9 Å². The Bertz CT molecular complexity index is 802. The fourth-order valence-electron chi connectivity index (χ4n) is 2.12. The van der Waals surface area contributed by atoms with Gasteiger partial charge in [0.25, 0.3) is 5.91 Å². The van der Waals surface area contributed by atoms with E-state index in [-0.39, 0.29) is 6.61 Å². The summed E-state index contributed by atoms with van der Waals surface area (Å²) in [6.45, 7) is -0.371. The van der Waals surface area contributed by atoms with Crippen LogP contribution in [-0.4, -0.2) is 32.7 Å². The molecule has 26 heavy (non-hydrogen) atoms. The second-order valence-corrected chi connectivity index (χ2v) is 6.32. The van der Waals surface area contributed by atoms with Gasteiger partial charge >= 0.3 is 5.97 Å². The quantitative estimate of drug-likeness (QED) is 0.384. The Morgan fingerprint density at radius 1 is 1.08 bits per heavy atom. The number of nitrogens with one attached hydrogen (secondary N) is 1. The van der Waals surface area contributed by atoms with E-state index in [2.05, 4.69) is 27.9 Å². The Labute approximate surface area is 165 Å². The van der Waals surface area contributed by atoms with Crippen molar-refractivity contribution in [1.82, 2.24) is 0 Å². The molecule has 0 radical (unpaired) electrons. The van der Waals surface area contributed by atoms with Gasteiger partial charge in [0, 0.05) is 20.9 Å². The summed E-state index contributed by atoms with van der Waals surface area (Å²) in [5.41, 5.74) is 1.30. The third-order valence-corrected chi connectivity index (χ3v) is 4.03. The molecule has 0 saturated carbocycles. The summed E-state index contributed by atoms with van der Waals surface area (Å²) >= 11 is 2.17. The molecule has 136 valence electrons. The Morgan fingerprint density at radius 2 is 1.81 bits per heavy atom. The van der Waals surface area contributed by atoms with Crippen molar-refractivity contribution in [2.45, 2.75) is 0 Å². The lowest BCUT2D eigenvalue weighted by Crippen LogP contribution is -2.20. The smallest absolute Gasteiger partial charge is 0.331 e. The fourth-order valence-corrected chi connectivity index (χ4v) is 2.48. The minimum absolute atomic E-state index is 0.371. The number of hydrogen-bond acceptors (Lipinski definition) is 5. The summed E-state index contributed by atoms with van der Waals surface area (Å²) in [6.07, 6.45) is 2.77. The Morgan fingerprint density at radius 3 is 2.46 bits per heavy atom. The molecule has 1 amide bonds. The molecule has 1 N–H and O–H groups in total. The molecule has 0 unspecified atom stereocenters. The van der Waals surface area contributed by atoms with E-state index in [4.69, 9.17) is 14.2 Å². The van der Waals surface area contributed by atoms with E-state index in [0.29, 0.717) is 22.7 Å². The zero-order chi connectivity index (χ0) is 18.9. The van der Waals surface area contributed by atoms with Gasteiger partial charge in [-0.3, -0.25) is 4.79 Å². The third kappa shape index (κ3) is 5.76. The van der Waals surface area contributed by atoms with Crippen LogP contribution in [0, 0.1) is 3.57 Å². The van der Waals surface area contributed by atoms with Gasteiger partial charge in [-0.25, -0.2) is 4.79 Å². The number of para-hydroxylation sites is 1. The number of rotatable bonds is 7. The maximum atomic E-state index is 11.8. The Hall–Kier alpha value is -2.55. The van der Waals surface area contributed by atoms with Crippen LogP contribution in [0.1, 0.15) is 5.56 Å². The van der Waals surface area contributed by atoms with Gasteiger partial charge in [-0.05, 0) is 59.0 Å². The van der Waals surface area contributed by atoms with Crippen molar-refractivity contribution in [3.63, 3.8) is 0 Å². The van der Waals surface area contributed by atoms with Gasteiger partial charge in [0.15, 0.2) is 18.1 Å². The number of carbonyl (C=O) groups excluding carboxylic acids is 2. The summed E-state index contributed by atoms with van der Waals surface area (Å²) < 4.78 is 16.5. The van der Waals surface area contributed by atoms with Crippen LogP contribution in [0.5, 0.6) is 11.5 Å². The van der Waals surface area contributed by atoms with Gasteiger partial charge in [0.1, 0.15) is 0 Å². The lowest BCUT2D eigenvalue weighted by atomic mass is 10.1. The number of anilines is 1.